The molecule has 0 aromatic carbocycles. The van der Waals surface area contributed by atoms with E-state index in [-0.39, 0.29) is 0 Å². The monoisotopic (exact) mass is 479 g/mol. The predicted octanol–water partition coefficient (Wildman–Crippen LogP) is 4.38. The van der Waals surface area contributed by atoms with Crippen molar-refractivity contribution in [1.29, 1.82) is 0 Å². The largest absolute Gasteiger partial charge is 0.383 e. The number of rotatable bonds is 9. The van der Waals surface area contributed by atoms with E-state index in [1.807, 2.05) is 0 Å². The Morgan fingerprint density at radius 2 is 1.83 bits per heavy atom. The van der Waals surface area contributed by atoms with Crippen molar-refractivity contribution in [2.75, 3.05) is 57.7 Å². The zero-order chi connectivity index (χ0) is 24.0. The van der Waals surface area contributed by atoms with E-state index in [2.05, 4.69) is 47.0 Å². The Hall–Kier alpha value is -2.22. The van der Waals surface area contributed by atoms with Crippen LogP contribution in [0.5, 0.6) is 0 Å². The highest BCUT2D eigenvalue weighted by Gasteiger charge is 2.25. The molecule has 2 fully saturated rings. The Kier molecular flexibility index (Phi) is 8.16. The third-order valence-electron chi connectivity index (χ3n) is 8.12. The summed E-state index contributed by atoms with van der Waals surface area (Å²) < 4.78 is 10.7. The Labute approximate surface area is 210 Å². The number of hydrogen-bond acceptors (Lipinski definition) is 7. The number of hydrogen-bond donors (Lipinski definition) is 2. The lowest BCUT2D eigenvalue weighted by Crippen LogP contribution is -2.39. The van der Waals surface area contributed by atoms with Gasteiger partial charge in [-0.05, 0) is 87.6 Å². The first-order chi connectivity index (χ1) is 17.2. The lowest BCUT2D eigenvalue weighted by atomic mass is 9.89. The lowest BCUT2D eigenvalue weighted by Gasteiger charge is -2.35. The minimum atomic E-state index is 0.483. The molecule has 1 saturated heterocycles. The quantitative estimate of drug-likeness (QED) is 0.553. The summed E-state index contributed by atoms with van der Waals surface area (Å²) >= 11 is 0. The van der Waals surface area contributed by atoms with Crippen molar-refractivity contribution >= 4 is 11.6 Å². The van der Waals surface area contributed by atoms with E-state index in [4.69, 9.17) is 19.4 Å². The Morgan fingerprint density at radius 3 is 2.63 bits per heavy atom. The molecule has 5 rings (SSSR count). The molecule has 0 radical (unpaired) electrons. The fourth-order valence-electron chi connectivity index (χ4n) is 5.76. The number of fused-ring (bicyclic) bond motifs is 3. The van der Waals surface area contributed by atoms with Crippen LogP contribution in [-0.2, 0) is 22.3 Å². The van der Waals surface area contributed by atoms with Crippen LogP contribution in [0.25, 0.3) is 11.3 Å². The number of aromatic nitrogens is 2. The van der Waals surface area contributed by atoms with Crippen molar-refractivity contribution < 1.29 is 9.47 Å². The number of anilines is 2. The van der Waals surface area contributed by atoms with Gasteiger partial charge in [0.05, 0.1) is 12.3 Å². The summed E-state index contributed by atoms with van der Waals surface area (Å²) in [6.45, 7) is 4.53. The third kappa shape index (κ3) is 6.13. The van der Waals surface area contributed by atoms with E-state index in [1.165, 1.54) is 42.4 Å². The van der Waals surface area contributed by atoms with Gasteiger partial charge in [0.1, 0.15) is 11.6 Å². The number of pyridine rings is 2. The molecule has 1 aliphatic heterocycles. The molecule has 0 amide bonds. The standard InChI is InChI=1S/C28H41N5O2/c1-33(13-16-34-2)24-8-6-23(7-9-24)31-27-17-25-22(19-30-27)4-3-21-5-10-26(32-28(21)25)29-18-20-11-14-35-15-12-20/h5,10,17,19-20,23-24H,3-4,6-9,11-16,18H2,1-2H3,(H,29,32)(H,30,31). The molecule has 7 nitrogen and oxygen atoms in total. The summed E-state index contributed by atoms with van der Waals surface area (Å²) in [6.07, 6.45) is 11.2. The molecule has 3 heterocycles. The van der Waals surface area contributed by atoms with Gasteiger partial charge in [0.15, 0.2) is 0 Å². The molecule has 2 aromatic heterocycles. The van der Waals surface area contributed by atoms with Crippen molar-refractivity contribution in [3.63, 3.8) is 0 Å². The Balaban J connectivity index is 1.22. The normalized spacial score (nSPS) is 22.5. The van der Waals surface area contributed by atoms with Gasteiger partial charge >= 0.3 is 0 Å². The molecule has 1 saturated carbocycles. The molecule has 2 aliphatic carbocycles. The van der Waals surface area contributed by atoms with Gasteiger partial charge in [0, 0.05) is 57.3 Å². The first-order valence-electron chi connectivity index (χ1n) is 13.5. The zero-order valence-corrected chi connectivity index (χ0v) is 21.4. The summed E-state index contributed by atoms with van der Waals surface area (Å²) in [5, 5.41) is 7.33. The average Bonchev–Trinajstić information content (AvgIpc) is 2.91. The van der Waals surface area contributed by atoms with Crippen LogP contribution in [0.1, 0.15) is 49.7 Å². The SMILES string of the molecule is COCCN(C)C1CCC(Nc2cc3c(cn2)CCc2ccc(NCC4CCOCC4)nc2-3)CC1. The third-order valence-corrected chi connectivity index (χ3v) is 8.12. The summed E-state index contributed by atoms with van der Waals surface area (Å²) in [6, 6.07) is 7.77. The molecule has 0 spiro atoms. The fraction of sp³-hybridized carbons (Fsp3) is 0.643. The lowest BCUT2D eigenvalue weighted by molar-refractivity contribution is 0.0699. The maximum atomic E-state index is 5.50. The van der Waals surface area contributed by atoms with Gasteiger partial charge < -0.3 is 25.0 Å². The van der Waals surface area contributed by atoms with Crippen LogP contribution in [0.15, 0.2) is 24.4 Å². The zero-order valence-electron chi connectivity index (χ0n) is 21.4. The molecule has 2 N–H and O–H groups in total. The Bertz CT molecular complexity index is 970. The first kappa shape index (κ1) is 24.5. The van der Waals surface area contributed by atoms with Gasteiger partial charge in [-0.1, -0.05) is 6.07 Å². The molecular weight excluding hydrogens is 438 g/mol. The molecule has 7 heteroatoms. The van der Waals surface area contributed by atoms with Crippen LogP contribution in [0.2, 0.25) is 0 Å². The van der Waals surface area contributed by atoms with E-state index in [0.717, 1.165) is 75.9 Å². The first-order valence-corrected chi connectivity index (χ1v) is 13.5. The summed E-state index contributed by atoms with van der Waals surface area (Å²) in [5.41, 5.74) is 5.01. The number of methoxy groups -OCH3 is 1. The second-order valence-corrected chi connectivity index (χ2v) is 10.5. The minimum Gasteiger partial charge on any atom is -0.383 e. The smallest absolute Gasteiger partial charge is 0.126 e. The molecule has 2 aromatic rings. The molecular formula is C28H41N5O2. The summed E-state index contributed by atoms with van der Waals surface area (Å²) in [7, 11) is 4.00. The second-order valence-electron chi connectivity index (χ2n) is 10.5. The van der Waals surface area contributed by atoms with Crippen molar-refractivity contribution in [1.82, 2.24) is 14.9 Å². The van der Waals surface area contributed by atoms with Crippen molar-refractivity contribution in [3.8, 4) is 11.3 Å². The highest BCUT2D eigenvalue weighted by Crippen LogP contribution is 2.35. The summed E-state index contributed by atoms with van der Waals surface area (Å²) in [5.74, 6) is 2.63. The van der Waals surface area contributed by atoms with Crippen molar-refractivity contribution in [2.45, 2.75) is 63.5 Å². The van der Waals surface area contributed by atoms with E-state index < -0.39 is 0 Å². The van der Waals surface area contributed by atoms with E-state index in [9.17, 15) is 0 Å². The second kappa shape index (κ2) is 11.7. The summed E-state index contributed by atoms with van der Waals surface area (Å²) in [4.78, 5) is 12.3. The number of ether oxygens (including phenoxy) is 2. The van der Waals surface area contributed by atoms with Gasteiger partial charge in [-0.25, -0.2) is 9.97 Å². The Morgan fingerprint density at radius 1 is 1.03 bits per heavy atom. The number of nitrogens with one attached hydrogen (secondary N) is 2. The van der Waals surface area contributed by atoms with Gasteiger partial charge in [0.25, 0.3) is 0 Å². The van der Waals surface area contributed by atoms with Crippen LogP contribution in [-0.4, -0.2) is 74.0 Å². The van der Waals surface area contributed by atoms with Gasteiger partial charge in [-0.15, -0.1) is 0 Å². The maximum Gasteiger partial charge on any atom is 0.126 e. The van der Waals surface area contributed by atoms with E-state index in [1.54, 1.807) is 7.11 Å². The van der Waals surface area contributed by atoms with Crippen LogP contribution < -0.4 is 10.6 Å². The van der Waals surface area contributed by atoms with Crippen LogP contribution in [0, 0.1) is 5.92 Å². The highest BCUT2D eigenvalue weighted by atomic mass is 16.5. The molecule has 190 valence electrons. The molecule has 0 bridgehead atoms. The van der Waals surface area contributed by atoms with E-state index in [0.29, 0.717) is 18.0 Å². The van der Waals surface area contributed by atoms with Crippen LogP contribution >= 0.6 is 0 Å². The topological polar surface area (TPSA) is 71.5 Å². The molecule has 0 atom stereocenters. The molecule has 3 aliphatic rings. The van der Waals surface area contributed by atoms with Crippen LogP contribution in [0.4, 0.5) is 11.6 Å². The van der Waals surface area contributed by atoms with Gasteiger partial charge in [-0.3, -0.25) is 0 Å². The van der Waals surface area contributed by atoms with Crippen molar-refractivity contribution in [2.24, 2.45) is 5.92 Å². The average molecular weight is 480 g/mol. The van der Waals surface area contributed by atoms with Gasteiger partial charge in [0.2, 0.25) is 0 Å². The minimum absolute atomic E-state index is 0.483. The highest BCUT2D eigenvalue weighted by molar-refractivity contribution is 5.73. The van der Waals surface area contributed by atoms with E-state index >= 15 is 0 Å². The van der Waals surface area contributed by atoms with Crippen LogP contribution in [0.3, 0.4) is 0 Å². The van der Waals surface area contributed by atoms with Gasteiger partial charge in [-0.2, -0.15) is 0 Å². The number of aryl methyl sites for hydroxylation is 2. The molecule has 0 unspecified atom stereocenters. The number of nitrogens with zero attached hydrogens (tertiary/aromatic N) is 3. The predicted molar refractivity (Wildman–Crippen MR) is 141 cm³/mol. The maximum absolute atomic E-state index is 5.50. The fourth-order valence-corrected chi connectivity index (χ4v) is 5.76. The molecule has 35 heavy (non-hydrogen) atoms. The number of likely N-dealkylation sites (N-methyl/N-ethyl adjacent to an activating group) is 1. The van der Waals surface area contributed by atoms with Crippen molar-refractivity contribution in [3.05, 3.63) is 35.5 Å².